The maximum Gasteiger partial charge on any atom is 0.310 e. The zero-order valence-electron chi connectivity index (χ0n) is 18.3. The molecule has 0 radical (unpaired) electrons. The van der Waals surface area contributed by atoms with Crippen LogP contribution < -0.4 is 10.1 Å². The number of nitrogens with zero attached hydrogens (tertiary/aromatic N) is 1. The maximum absolute atomic E-state index is 11.3. The molecule has 3 atom stereocenters. The number of rotatable bonds is 7. The molecule has 3 unspecified atom stereocenters. The van der Waals surface area contributed by atoms with Gasteiger partial charge in [0.1, 0.15) is 12.0 Å². The van der Waals surface area contributed by atoms with Gasteiger partial charge in [-0.25, -0.2) is 0 Å². The van der Waals surface area contributed by atoms with Gasteiger partial charge in [0.25, 0.3) is 0 Å². The van der Waals surface area contributed by atoms with Crippen molar-refractivity contribution in [1.29, 1.82) is 0 Å². The van der Waals surface area contributed by atoms with Crippen LogP contribution in [0.25, 0.3) is 10.9 Å². The van der Waals surface area contributed by atoms with E-state index in [-0.39, 0.29) is 0 Å². The second kappa shape index (κ2) is 8.75. The summed E-state index contributed by atoms with van der Waals surface area (Å²) in [5.41, 5.74) is 2.62. The second-order valence-electron chi connectivity index (χ2n) is 8.26. The van der Waals surface area contributed by atoms with E-state index in [1.807, 2.05) is 48.0 Å². The van der Waals surface area contributed by atoms with Gasteiger partial charge in [-0.2, -0.15) is 0 Å². The summed E-state index contributed by atoms with van der Waals surface area (Å²) >= 11 is 6.49. The van der Waals surface area contributed by atoms with Crippen molar-refractivity contribution >= 4 is 28.5 Å². The summed E-state index contributed by atoms with van der Waals surface area (Å²) < 4.78 is 12.9. The quantitative estimate of drug-likeness (QED) is 0.465. The molecule has 1 fully saturated rings. The first-order valence-corrected chi connectivity index (χ1v) is 10.8. The van der Waals surface area contributed by atoms with Crippen LogP contribution in [0, 0.1) is 0 Å². The van der Waals surface area contributed by atoms with Crippen LogP contribution in [-0.2, 0) is 22.1 Å². The number of methoxy groups -OCH3 is 1. The molecule has 0 spiro atoms. The Morgan fingerprint density at radius 1 is 1.28 bits per heavy atom. The summed E-state index contributed by atoms with van der Waals surface area (Å²) in [4.78, 5) is 11.3. The van der Waals surface area contributed by atoms with Gasteiger partial charge < -0.3 is 24.3 Å². The molecule has 1 saturated heterocycles. The third kappa shape index (κ3) is 3.86. The number of halogens is 1. The Balaban J connectivity index is 1.66. The molecule has 7 nitrogen and oxygen atoms in total. The minimum absolute atomic E-state index is 0.399. The molecule has 0 bridgehead atoms. The highest BCUT2D eigenvalue weighted by Gasteiger charge is 2.39. The number of fused-ring (bicyclic) bond motifs is 1. The van der Waals surface area contributed by atoms with Gasteiger partial charge in [0.05, 0.1) is 35.9 Å². The fourth-order valence-corrected chi connectivity index (χ4v) is 4.65. The zero-order valence-corrected chi connectivity index (χ0v) is 19.0. The lowest BCUT2D eigenvalue weighted by molar-refractivity contribution is -0.138. The maximum atomic E-state index is 11.3. The molecule has 2 heterocycles. The van der Waals surface area contributed by atoms with Gasteiger partial charge in [-0.1, -0.05) is 35.9 Å². The van der Waals surface area contributed by atoms with Crippen LogP contribution in [0.3, 0.4) is 0 Å². The summed E-state index contributed by atoms with van der Waals surface area (Å²) in [7, 11) is 3.45. The average molecular weight is 459 g/mol. The van der Waals surface area contributed by atoms with E-state index < -0.39 is 23.7 Å². The molecular weight excluding hydrogens is 432 g/mol. The number of aliphatic hydroxyl groups is 1. The van der Waals surface area contributed by atoms with E-state index in [0.29, 0.717) is 36.1 Å². The van der Waals surface area contributed by atoms with E-state index in [1.165, 1.54) is 0 Å². The van der Waals surface area contributed by atoms with Crippen molar-refractivity contribution in [2.24, 2.45) is 7.05 Å². The van der Waals surface area contributed by atoms with Gasteiger partial charge in [0.2, 0.25) is 0 Å². The molecule has 2 aromatic carbocycles. The Hall–Kier alpha value is -2.58. The molecular formula is C24H27ClN2O5. The highest BCUT2D eigenvalue weighted by molar-refractivity contribution is 6.37. The molecule has 32 heavy (non-hydrogen) atoms. The Labute approximate surface area is 191 Å². The number of benzene rings is 2. The number of carboxylic acids is 1. The lowest BCUT2D eigenvalue weighted by atomic mass is 9.87. The number of carboxylic acid groups (broad SMARTS) is 1. The lowest BCUT2D eigenvalue weighted by Crippen LogP contribution is -2.45. The van der Waals surface area contributed by atoms with Crippen LogP contribution in [0.1, 0.15) is 42.3 Å². The first-order chi connectivity index (χ1) is 15.3. The minimum Gasteiger partial charge on any atom is -0.495 e. The molecule has 0 saturated carbocycles. The highest BCUT2D eigenvalue weighted by Crippen LogP contribution is 2.37. The first kappa shape index (κ1) is 22.6. The summed E-state index contributed by atoms with van der Waals surface area (Å²) in [6.45, 7) is 2.62. The summed E-state index contributed by atoms with van der Waals surface area (Å²) in [5.74, 6) is -0.873. The predicted molar refractivity (Wildman–Crippen MR) is 122 cm³/mol. The van der Waals surface area contributed by atoms with Crippen LogP contribution in [-0.4, -0.2) is 41.1 Å². The normalized spacial score (nSPS) is 20.4. The van der Waals surface area contributed by atoms with Gasteiger partial charge >= 0.3 is 5.97 Å². The van der Waals surface area contributed by atoms with Crippen molar-refractivity contribution in [2.45, 2.75) is 31.0 Å². The Bertz CT molecular complexity index is 1140. The van der Waals surface area contributed by atoms with Gasteiger partial charge in [-0.3, -0.25) is 10.1 Å². The van der Waals surface area contributed by atoms with Crippen LogP contribution in [0.15, 0.2) is 42.5 Å². The minimum atomic E-state index is -0.978. The number of aliphatic hydroxyl groups excluding tert-OH is 1. The third-order valence-corrected chi connectivity index (χ3v) is 6.82. The van der Waals surface area contributed by atoms with E-state index in [2.05, 4.69) is 5.32 Å². The standard InChI is InChI=1S/C24H27ClN2O5/c1-14(23(29)30)15-4-6-16(7-5-15)24(10-11-32-13-24)26-22(28)19-12-17-18(27(19)2)8-9-20(31-3)21(17)25/h4-9,12,14,22,26,28H,10-11,13H2,1-3H3,(H,29,30). The van der Waals surface area contributed by atoms with Crippen molar-refractivity contribution in [2.75, 3.05) is 20.3 Å². The summed E-state index contributed by atoms with van der Waals surface area (Å²) in [6.07, 6.45) is -0.301. The molecule has 1 aliphatic heterocycles. The third-order valence-electron chi connectivity index (χ3n) is 6.43. The molecule has 1 aliphatic rings. The Morgan fingerprint density at radius 3 is 2.59 bits per heavy atom. The van der Waals surface area contributed by atoms with E-state index in [0.717, 1.165) is 22.0 Å². The number of nitrogens with one attached hydrogen (secondary N) is 1. The van der Waals surface area contributed by atoms with Crippen LogP contribution in [0.4, 0.5) is 0 Å². The molecule has 170 valence electrons. The zero-order chi connectivity index (χ0) is 23.0. The second-order valence-corrected chi connectivity index (χ2v) is 8.63. The van der Waals surface area contributed by atoms with E-state index >= 15 is 0 Å². The number of aromatic nitrogens is 1. The van der Waals surface area contributed by atoms with Crippen LogP contribution >= 0.6 is 11.6 Å². The van der Waals surface area contributed by atoms with Gasteiger partial charge in [-0.05, 0) is 42.7 Å². The van der Waals surface area contributed by atoms with E-state index in [1.54, 1.807) is 20.1 Å². The molecule has 0 amide bonds. The summed E-state index contributed by atoms with van der Waals surface area (Å²) in [5, 5.41) is 25.1. The largest absolute Gasteiger partial charge is 0.495 e. The highest BCUT2D eigenvalue weighted by atomic mass is 35.5. The molecule has 0 aliphatic carbocycles. The summed E-state index contributed by atoms with van der Waals surface area (Å²) in [6, 6.07) is 13.0. The van der Waals surface area contributed by atoms with E-state index in [9.17, 15) is 15.0 Å². The van der Waals surface area contributed by atoms with Gasteiger partial charge in [0.15, 0.2) is 0 Å². The monoisotopic (exact) mass is 458 g/mol. The molecule has 1 aromatic heterocycles. The molecule has 3 aromatic rings. The van der Waals surface area contributed by atoms with Crippen molar-refractivity contribution in [3.63, 3.8) is 0 Å². The fraction of sp³-hybridized carbons (Fsp3) is 0.375. The molecule has 4 rings (SSSR count). The first-order valence-electron chi connectivity index (χ1n) is 10.5. The number of carbonyl (C=O) groups is 1. The van der Waals surface area contributed by atoms with Crippen LogP contribution in [0.2, 0.25) is 5.02 Å². The van der Waals surface area contributed by atoms with Crippen molar-refractivity contribution in [1.82, 2.24) is 9.88 Å². The molecule has 8 heteroatoms. The number of hydrogen-bond donors (Lipinski definition) is 3. The smallest absolute Gasteiger partial charge is 0.310 e. The van der Waals surface area contributed by atoms with Crippen molar-refractivity contribution < 1.29 is 24.5 Å². The van der Waals surface area contributed by atoms with E-state index in [4.69, 9.17) is 21.1 Å². The van der Waals surface area contributed by atoms with Crippen molar-refractivity contribution in [3.8, 4) is 5.75 Å². The number of hydrogen-bond acceptors (Lipinski definition) is 5. The molecule has 3 N–H and O–H groups in total. The topological polar surface area (TPSA) is 93.0 Å². The van der Waals surface area contributed by atoms with Crippen molar-refractivity contribution in [3.05, 3.63) is 64.3 Å². The van der Waals surface area contributed by atoms with Crippen LogP contribution in [0.5, 0.6) is 5.75 Å². The number of aryl methyl sites for hydroxylation is 1. The predicted octanol–water partition coefficient (Wildman–Crippen LogP) is 3.92. The average Bonchev–Trinajstić information content (AvgIpc) is 3.39. The van der Waals surface area contributed by atoms with Gasteiger partial charge in [0, 0.05) is 24.6 Å². The fourth-order valence-electron chi connectivity index (χ4n) is 4.36. The Kier molecular flexibility index (Phi) is 6.18. The lowest BCUT2D eigenvalue weighted by Gasteiger charge is -2.32. The SMILES string of the molecule is COc1ccc2c(cc(C(O)NC3(c4ccc(C(C)C(=O)O)cc4)CCOC3)n2C)c1Cl. The number of aliphatic carboxylic acids is 1. The Morgan fingerprint density at radius 2 is 2.00 bits per heavy atom. The number of ether oxygens (including phenoxy) is 2. The van der Waals surface area contributed by atoms with Gasteiger partial charge in [-0.15, -0.1) is 0 Å².